The van der Waals surface area contributed by atoms with Crippen LogP contribution in [0.4, 0.5) is 5.69 Å². The molecule has 1 aromatic rings. The highest BCUT2D eigenvalue weighted by atomic mass is 16.2. The number of carbonyl (C=O) groups excluding carboxylic acids is 1. The van der Waals surface area contributed by atoms with E-state index in [-0.39, 0.29) is 11.9 Å². The SMILES string of the molecule is CC1CCNCCN1C(=O)c1ccccc1N1N=CCN1. The molecule has 0 aliphatic carbocycles. The number of nitrogens with zero attached hydrogens (tertiary/aromatic N) is 3. The Morgan fingerprint density at radius 3 is 3.00 bits per heavy atom. The van der Waals surface area contributed by atoms with Gasteiger partial charge >= 0.3 is 0 Å². The topological polar surface area (TPSA) is 60.0 Å². The summed E-state index contributed by atoms with van der Waals surface area (Å²) in [7, 11) is 0. The van der Waals surface area contributed by atoms with Crippen LogP contribution in [0.25, 0.3) is 0 Å². The van der Waals surface area contributed by atoms with Crippen LogP contribution in [0.2, 0.25) is 0 Å². The largest absolute Gasteiger partial charge is 0.335 e. The molecule has 0 bridgehead atoms. The Morgan fingerprint density at radius 2 is 2.19 bits per heavy atom. The molecular formula is C15H21N5O. The van der Waals surface area contributed by atoms with E-state index in [1.54, 1.807) is 11.3 Å². The Balaban J connectivity index is 1.88. The highest BCUT2D eigenvalue weighted by molar-refractivity contribution is 6.00. The molecule has 0 saturated carbocycles. The molecule has 6 nitrogen and oxygen atoms in total. The Kier molecular flexibility index (Phi) is 4.17. The third kappa shape index (κ3) is 2.91. The van der Waals surface area contributed by atoms with Gasteiger partial charge in [-0.05, 0) is 32.0 Å². The third-order valence-corrected chi connectivity index (χ3v) is 3.95. The van der Waals surface area contributed by atoms with Gasteiger partial charge in [-0.2, -0.15) is 10.2 Å². The average Bonchev–Trinajstić information content (AvgIpc) is 2.96. The lowest BCUT2D eigenvalue weighted by Gasteiger charge is -2.28. The van der Waals surface area contributed by atoms with Gasteiger partial charge in [-0.3, -0.25) is 4.79 Å². The summed E-state index contributed by atoms with van der Waals surface area (Å²) in [5.41, 5.74) is 4.62. The van der Waals surface area contributed by atoms with Crippen LogP contribution in [-0.4, -0.2) is 49.2 Å². The van der Waals surface area contributed by atoms with Crippen LogP contribution in [0, 0.1) is 0 Å². The van der Waals surface area contributed by atoms with Gasteiger partial charge in [0.25, 0.3) is 5.91 Å². The Bertz CT molecular complexity index is 545. The normalized spacial score (nSPS) is 22.4. The van der Waals surface area contributed by atoms with Crippen molar-refractivity contribution in [1.82, 2.24) is 15.6 Å². The maximum atomic E-state index is 12.9. The molecule has 1 fully saturated rings. The maximum absolute atomic E-state index is 12.9. The van der Waals surface area contributed by atoms with Crippen LogP contribution in [-0.2, 0) is 0 Å². The molecule has 2 N–H and O–H groups in total. The first-order chi connectivity index (χ1) is 10.3. The quantitative estimate of drug-likeness (QED) is 0.845. The predicted octanol–water partition coefficient (Wildman–Crippen LogP) is 0.821. The Labute approximate surface area is 124 Å². The lowest BCUT2D eigenvalue weighted by molar-refractivity contribution is 0.0705. The van der Waals surface area contributed by atoms with Gasteiger partial charge in [-0.25, -0.2) is 5.43 Å². The van der Waals surface area contributed by atoms with Gasteiger partial charge in [0.15, 0.2) is 0 Å². The molecule has 2 aliphatic heterocycles. The Morgan fingerprint density at radius 1 is 1.33 bits per heavy atom. The predicted molar refractivity (Wildman–Crippen MR) is 83.4 cm³/mol. The number of hydrogen-bond donors (Lipinski definition) is 2. The number of hydrogen-bond acceptors (Lipinski definition) is 5. The minimum Gasteiger partial charge on any atom is -0.335 e. The first kappa shape index (κ1) is 14.0. The number of amides is 1. The minimum atomic E-state index is 0.0747. The second-order valence-electron chi connectivity index (χ2n) is 5.38. The molecule has 6 heteroatoms. The fraction of sp³-hybridized carbons (Fsp3) is 0.467. The molecule has 0 radical (unpaired) electrons. The molecule has 0 aromatic heterocycles. The van der Waals surface area contributed by atoms with E-state index in [4.69, 9.17) is 0 Å². The van der Waals surface area contributed by atoms with E-state index in [0.29, 0.717) is 12.1 Å². The van der Waals surface area contributed by atoms with Crippen LogP contribution in [0.1, 0.15) is 23.7 Å². The first-order valence-electron chi connectivity index (χ1n) is 7.44. The molecule has 1 unspecified atom stereocenters. The monoisotopic (exact) mass is 287 g/mol. The average molecular weight is 287 g/mol. The number of hydrazine groups is 1. The zero-order valence-corrected chi connectivity index (χ0v) is 12.2. The summed E-state index contributed by atoms with van der Waals surface area (Å²) >= 11 is 0. The van der Waals surface area contributed by atoms with E-state index in [1.165, 1.54) is 0 Å². The summed E-state index contributed by atoms with van der Waals surface area (Å²) in [4.78, 5) is 14.9. The van der Waals surface area contributed by atoms with Crippen LogP contribution in [0.3, 0.4) is 0 Å². The summed E-state index contributed by atoms with van der Waals surface area (Å²) in [5.74, 6) is 0.0747. The summed E-state index contributed by atoms with van der Waals surface area (Å²) in [5, 5.41) is 9.26. The van der Waals surface area contributed by atoms with Crippen molar-refractivity contribution >= 4 is 17.8 Å². The fourth-order valence-electron chi connectivity index (χ4n) is 2.75. The summed E-state index contributed by atoms with van der Waals surface area (Å²) in [6.45, 7) is 5.35. The second-order valence-corrected chi connectivity index (χ2v) is 5.38. The molecule has 1 amide bonds. The van der Waals surface area contributed by atoms with Gasteiger partial charge < -0.3 is 10.2 Å². The van der Waals surface area contributed by atoms with Crippen molar-refractivity contribution in [1.29, 1.82) is 0 Å². The molecular weight excluding hydrogens is 266 g/mol. The van der Waals surface area contributed by atoms with E-state index in [9.17, 15) is 4.79 Å². The van der Waals surface area contributed by atoms with Crippen LogP contribution >= 0.6 is 0 Å². The van der Waals surface area contributed by atoms with Crippen molar-refractivity contribution < 1.29 is 4.79 Å². The van der Waals surface area contributed by atoms with Crippen LogP contribution < -0.4 is 15.9 Å². The zero-order chi connectivity index (χ0) is 14.7. The van der Waals surface area contributed by atoms with Crippen molar-refractivity contribution in [3.8, 4) is 0 Å². The van der Waals surface area contributed by atoms with Crippen molar-refractivity contribution in [3.63, 3.8) is 0 Å². The summed E-state index contributed by atoms with van der Waals surface area (Å²) in [6.07, 6.45) is 2.77. The van der Waals surface area contributed by atoms with Crippen molar-refractivity contribution in [2.75, 3.05) is 31.3 Å². The highest BCUT2D eigenvalue weighted by Crippen LogP contribution is 2.23. The van der Waals surface area contributed by atoms with E-state index in [1.807, 2.05) is 29.2 Å². The van der Waals surface area contributed by atoms with Gasteiger partial charge in [0, 0.05) is 25.3 Å². The van der Waals surface area contributed by atoms with Gasteiger partial charge in [-0.1, -0.05) is 12.1 Å². The molecule has 2 heterocycles. The highest BCUT2D eigenvalue weighted by Gasteiger charge is 2.26. The number of rotatable bonds is 2. The van der Waals surface area contributed by atoms with E-state index in [0.717, 1.165) is 31.7 Å². The van der Waals surface area contributed by atoms with Gasteiger partial charge in [-0.15, -0.1) is 0 Å². The molecule has 2 aliphatic rings. The standard InChI is InChI=1S/C15H21N5O/c1-12-6-7-16-10-11-19(12)15(21)13-4-2-3-5-14(13)20-17-8-9-18-20/h2-5,8,12,16,18H,6-7,9-11H2,1H3. The number of nitrogens with one attached hydrogen (secondary N) is 2. The number of carbonyl (C=O) groups is 1. The molecule has 0 spiro atoms. The zero-order valence-electron chi connectivity index (χ0n) is 12.2. The van der Waals surface area contributed by atoms with E-state index in [2.05, 4.69) is 22.8 Å². The number of benzene rings is 1. The molecule has 1 aromatic carbocycles. The van der Waals surface area contributed by atoms with Crippen LogP contribution in [0.15, 0.2) is 29.4 Å². The smallest absolute Gasteiger partial charge is 0.256 e. The molecule has 3 rings (SSSR count). The van der Waals surface area contributed by atoms with Gasteiger partial charge in [0.1, 0.15) is 0 Å². The van der Waals surface area contributed by atoms with Crippen molar-refractivity contribution in [2.24, 2.45) is 5.10 Å². The Hall–Kier alpha value is -1.92. The fourth-order valence-corrected chi connectivity index (χ4v) is 2.75. The second kappa shape index (κ2) is 6.24. The maximum Gasteiger partial charge on any atom is 0.256 e. The minimum absolute atomic E-state index is 0.0747. The number of hydrazone groups is 1. The van der Waals surface area contributed by atoms with Crippen molar-refractivity contribution in [2.45, 2.75) is 19.4 Å². The molecule has 112 valence electrons. The number of anilines is 1. The molecule has 1 saturated heterocycles. The molecule has 1 atom stereocenters. The van der Waals surface area contributed by atoms with E-state index < -0.39 is 0 Å². The summed E-state index contributed by atoms with van der Waals surface area (Å²) < 4.78 is 0. The first-order valence-corrected chi connectivity index (χ1v) is 7.44. The number of para-hydroxylation sites is 1. The van der Waals surface area contributed by atoms with Crippen molar-refractivity contribution in [3.05, 3.63) is 29.8 Å². The van der Waals surface area contributed by atoms with E-state index >= 15 is 0 Å². The lowest BCUT2D eigenvalue weighted by atomic mass is 10.1. The summed E-state index contributed by atoms with van der Waals surface area (Å²) in [6, 6.07) is 7.87. The third-order valence-electron chi connectivity index (χ3n) is 3.95. The van der Waals surface area contributed by atoms with Crippen LogP contribution in [0.5, 0.6) is 0 Å². The van der Waals surface area contributed by atoms with Gasteiger partial charge in [0.2, 0.25) is 0 Å². The van der Waals surface area contributed by atoms with Gasteiger partial charge in [0.05, 0.1) is 17.8 Å². The molecule has 21 heavy (non-hydrogen) atoms. The lowest BCUT2D eigenvalue weighted by Crippen LogP contribution is -2.40.